The van der Waals surface area contributed by atoms with Gasteiger partial charge in [0.1, 0.15) is 10.6 Å². The van der Waals surface area contributed by atoms with Crippen molar-refractivity contribution < 1.29 is 27.5 Å². The van der Waals surface area contributed by atoms with Crippen LogP contribution in [0.25, 0.3) is 10.6 Å². The summed E-state index contributed by atoms with van der Waals surface area (Å²) >= 11 is 1.28. The van der Waals surface area contributed by atoms with Crippen LogP contribution in [-0.2, 0) is 22.1 Å². The standard InChI is InChI=1S/C22H26F3N3O3S/c1-21(2,3)31-20(30)28-10-8-16(9-11-28)26-18(29)12-17-13-32-19(27-17)14-4-6-15(7-5-14)22(23,24)25/h4-7,13,16H,8-12H2,1-3H3,(H,26,29). The second-order valence-electron chi connectivity index (χ2n) is 8.71. The van der Waals surface area contributed by atoms with Crippen LogP contribution in [0.4, 0.5) is 18.0 Å². The first-order valence-corrected chi connectivity index (χ1v) is 11.2. The topological polar surface area (TPSA) is 71.5 Å². The van der Waals surface area contributed by atoms with Crippen molar-refractivity contribution in [2.45, 2.75) is 57.9 Å². The number of rotatable bonds is 4. The van der Waals surface area contributed by atoms with E-state index in [1.54, 1.807) is 10.3 Å². The summed E-state index contributed by atoms with van der Waals surface area (Å²) in [6, 6.07) is 4.77. The predicted octanol–water partition coefficient (Wildman–Crippen LogP) is 4.89. The lowest BCUT2D eigenvalue weighted by atomic mass is 10.1. The van der Waals surface area contributed by atoms with Gasteiger partial charge in [-0.25, -0.2) is 9.78 Å². The number of benzene rings is 1. The average molecular weight is 470 g/mol. The van der Waals surface area contributed by atoms with E-state index in [2.05, 4.69) is 10.3 Å². The molecule has 1 aliphatic rings. The molecule has 0 bridgehead atoms. The number of nitrogens with one attached hydrogen (secondary N) is 1. The molecule has 1 fully saturated rings. The van der Waals surface area contributed by atoms with E-state index in [0.717, 1.165) is 12.1 Å². The smallest absolute Gasteiger partial charge is 0.416 e. The summed E-state index contributed by atoms with van der Waals surface area (Å²) in [7, 11) is 0. The summed E-state index contributed by atoms with van der Waals surface area (Å²) in [5, 5.41) is 5.27. The first-order chi connectivity index (χ1) is 14.9. The molecular formula is C22H26F3N3O3S. The molecule has 0 atom stereocenters. The Morgan fingerprint density at radius 1 is 1.16 bits per heavy atom. The average Bonchev–Trinajstić information content (AvgIpc) is 3.15. The largest absolute Gasteiger partial charge is 0.444 e. The number of hydrogen-bond acceptors (Lipinski definition) is 5. The van der Waals surface area contributed by atoms with E-state index in [1.807, 2.05) is 20.8 Å². The molecule has 174 valence electrons. The van der Waals surface area contributed by atoms with Gasteiger partial charge in [0, 0.05) is 30.1 Å². The summed E-state index contributed by atoms with van der Waals surface area (Å²) in [5.41, 5.74) is -0.123. The number of carbonyl (C=O) groups is 2. The zero-order chi connectivity index (χ0) is 23.5. The van der Waals surface area contributed by atoms with Crippen LogP contribution in [0, 0.1) is 0 Å². The van der Waals surface area contributed by atoms with E-state index in [4.69, 9.17) is 4.74 Å². The van der Waals surface area contributed by atoms with E-state index in [-0.39, 0.29) is 24.5 Å². The summed E-state index contributed by atoms with van der Waals surface area (Å²) in [6.07, 6.45) is -3.37. The number of alkyl halides is 3. The highest BCUT2D eigenvalue weighted by atomic mass is 32.1. The van der Waals surface area contributed by atoms with Crippen LogP contribution >= 0.6 is 11.3 Å². The van der Waals surface area contributed by atoms with Crippen LogP contribution in [0.1, 0.15) is 44.9 Å². The molecule has 6 nitrogen and oxygen atoms in total. The van der Waals surface area contributed by atoms with Gasteiger partial charge in [0.25, 0.3) is 0 Å². The molecule has 0 radical (unpaired) electrons. The maximum atomic E-state index is 12.7. The summed E-state index contributed by atoms with van der Waals surface area (Å²) in [4.78, 5) is 30.6. The number of aromatic nitrogens is 1. The maximum absolute atomic E-state index is 12.7. The van der Waals surface area contributed by atoms with Crippen LogP contribution in [0.3, 0.4) is 0 Å². The van der Waals surface area contributed by atoms with Crippen LogP contribution in [-0.4, -0.2) is 46.6 Å². The molecule has 10 heteroatoms. The van der Waals surface area contributed by atoms with Gasteiger partial charge in [0.2, 0.25) is 5.91 Å². The highest BCUT2D eigenvalue weighted by Gasteiger charge is 2.30. The van der Waals surface area contributed by atoms with Crippen molar-refractivity contribution in [1.82, 2.24) is 15.2 Å². The Kier molecular flexibility index (Phi) is 7.12. The van der Waals surface area contributed by atoms with Gasteiger partial charge in [-0.3, -0.25) is 4.79 Å². The molecule has 2 amide bonds. The molecular weight excluding hydrogens is 443 g/mol. The van der Waals surface area contributed by atoms with Crippen molar-refractivity contribution in [3.05, 3.63) is 40.9 Å². The molecule has 1 aliphatic heterocycles. The van der Waals surface area contributed by atoms with Gasteiger partial charge in [0.05, 0.1) is 17.7 Å². The number of thiazole rings is 1. The van der Waals surface area contributed by atoms with Crippen molar-refractivity contribution in [1.29, 1.82) is 0 Å². The Hall–Kier alpha value is -2.62. The van der Waals surface area contributed by atoms with Crippen molar-refractivity contribution in [2.75, 3.05) is 13.1 Å². The molecule has 2 aromatic rings. The molecule has 32 heavy (non-hydrogen) atoms. The Morgan fingerprint density at radius 3 is 2.34 bits per heavy atom. The monoisotopic (exact) mass is 469 g/mol. The molecule has 1 aromatic heterocycles. The number of amides is 2. The predicted molar refractivity (Wildman–Crippen MR) is 115 cm³/mol. The van der Waals surface area contributed by atoms with Gasteiger partial charge in [-0.15, -0.1) is 11.3 Å². The van der Waals surface area contributed by atoms with Gasteiger partial charge in [-0.1, -0.05) is 12.1 Å². The van der Waals surface area contributed by atoms with Gasteiger partial charge in [0.15, 0.2) is 0 Å². The number of halogens is 3. The van der Waals surface area contributed by atoms with E-state index in [0.29, 0.717) is 42.2 Å². The third kappa shape index (κ3) is 6.69. The molecule has 0 saturated carbocycles. The Bertz CT molecular complexity index is 944. The molecule has 1 aromatic carbocycles. The summed E-state index contributed by atoms with van der Waals surface area (Å²) < 4.78 is 43.5. The minimum Gasteiger partial charge on any atom is -0.444 e. The normalized spacial score (nSPS) is 15.5. The Morgan fingerprint density at radius 2 is 1.78 bits per heavy atom. The first-order valence-electron chi connectivity index (χ1n) is 10.3. The third-order valence-corrected chi connectivity index (χ3v) is 5.80. The fourth-order valence-electron chi connectivity index (χ4n) is 3.30. The number of carbonyl (C=O) groups excluding carboxylic acids is 2. The quantitative estimate of drug-likeness (QED) is 0.692. The fraction of sp³-hybridized carbons (Fsp3) is 0.500. The van der Waals surface area contributed by atoms with Crippen molar-refractivity contribution >= 4 is 23.3 Å². The zero-order valence-corrected chi connectivity index (χ0v) is 19.0. The lowest BCUT2D eigenvalue weighted by molar-refractivity contribution is -0.137. The number of likely N-dealkylation sites (tertiary alicyclic amines) is 1. The lowest BCUT2D eigenvalue weighted by Crippen LogP contribution is -2.48. The van der Waals surface area contributed by atoms with Gasteiger partial charge in [-0.05, 0) is 45.7 Å². The summed E-state index contributed by atoms with van der Waals surface area (Å²) in [5.74, 6) is -0.176. The number of hydrogen-bond donors (Lipinski definition) is 1. The fourth-order valence-corrected chi connectivity index (χ4v) is 4.12. The van der Waals surface area contributed by atoms with Gasteiger partial charge in [-0.2, -0.15) is 13.2 Å². The van der Waals surface area contributed by atoms with E-state index in [1.165, 1.54) is 23.5 Å². The number of piperidine rings is 1. The molecule has 0 spiro atoms. The molecule has 0 unspecified atom stereocenters. The van der Waals surface area contributed by atoms with Gasteiger partial charge >= 0.3 is 12.3 Å². The SMILES string of the molecule is CC(C)(C)OC(=O)N1CCC(NC(=O)Cc2csc(-c3ccc(C(F)(F)F)cc3)n2)CC1. The highest BCUT2D eigenvalue weighted by Crippen LogP contribution is 2.31. The maximum Gasteiger partial charge on any atom is 0.416 e. The second-order valence-corrected chi connectivity index (χ2v) is 9.56. The molecule has 1 N–H and O–H groups in total. The van der Waals surface area contributed by atoms with Crippen molar-refractivity contribution in [2.24, 2.45) is 0 Å². The summed E-state index contributed by atoms with van der Waals surface area (Å²) in [6.45, 7) is 6.47. The highest BCUT2D eigenvalue weighted by molar-refractivity contribution is 7.13. The van der Waals surface area contributed by atoms with Crippen LogP contribution < -0.4 is 5.32 Å². The van der Waals surface area contributed by atoms with Crippen LogP contribution in [0.15, 0.2) is 29.6 Å². The molecule has 3 rings (SSSR count). The molecule has 0 aliphatic carbocycles. The van der Waals surface area contributed by atoms with Crippen molar-refractivity contribution in [3.63, 3.8) is 0 Å². The molecule has 2 heterocycles. The van der Waals surface area contributed by atoms with Crippen LogP contribution in [0.2, 0.25) is 0 Å². The Labute approximate surface area is 188 Å². The van der Waals surface area contributed by atoms with E-state index >= 15 is 0 Å². The third-order valence-electron chi connectivity index (χ3n) is 4.86. The van der Waals surface area contributed by atoms with Crippen molar-refractivity contribution in [3.8, 4) is 10.6 Å². The van der Waals surface area contributed by atoms with Crippen LogP contribution in [0.5, 0.6) is 0 Å². The minimum absolute atomic E-state index is 0.0331. The first kappa shape index (κ1) is 24.0. The Balaban J connectivity index is 1.48. The number of nitrogens with zero attached hydrogens (tertiary/aromatic N) is 2. The lowest BCUT2D eigenvalue weighted by Gasteiger charge is -2.33. The minimum atomic E-state index is -4.38. The van der Waals surface area contributed by atoms with Gasteiger partial charge < -0.3 is 15.0 Å². The van der Waals surface area contributed by atoms with E-state index in [9.17, 15) is 22.8 Å². The molecule has 1 saturated heterocycles. The number of ether oxygens (including phenoxy) is 1. The second kappa shape index (κ2) is 9.48. The zero-order valence-electron chi connectivity index (χ0n) is 18.2. The van der Waals surface area contributed by atoms with E-state index < -0.39 is 17.3 Å².